The molecule has 1 aromatic carbocycles. The molecule has 0 aliphatic carbocycles. The Morgan fingerprint density at radius 3 is 2.65 bits per heavy atom. The topological polar surface area (TPSA) is 14.2 Å². The van der Waals surface area contributed by atoms with E-state index in [4.69, 9.17) is 4.74 Å². The molecule has 0 radical (unpaired) electrons. The summed E-state index contributed by atoms with van der Waals surface area (Å²) in [4.78, 5) is 1.26. The highest BCUT2D eigenvalue weighted by Gasteiger charge is 2.23. The Labute approximate surface area is 123 Å². The largest absolute Gasteiger partial charge is 0.371 e. The molecule has 0 bridgehead atoms. The lowest BCUT2D eigenvalue weighted by atomic mass is 10.0. The lowest BCUT2D eigenvalue weighted by molar-refractivity contribution is 0.139. The van der Waals surface area contributed by atoms with Crippen molar-refractivity contribution in [3.05, 3.63) is 57.9 Å². The van der Waals surface area contributed by atoms with E-state index in [1.165, 1.54) is 27.0 Å². The second-order valence-corrected chi connectivity index (χ2v) is 5.87. The quantitative estimate of drug-likeness (QED) is 0.673. The number of fused-ring (bicyclic) bond motifs is 1. The van der Waals surface area contributed by atoms with Crippen molar-refractivity contribution in [1.82, 2.24) is 4.57 Å². The Kier molecular flexibility index (Phi) is 3.64. The zero-order valence-electron chi connectivity index (χ0n) is 12.1. The van der Waals surface area contributed by atoms with Crippen molar-refractivity contribution >= 4 is 22.2 Å². The third-order valence-electron chi connectivity index (χ3n) is 3.90. The molecule has 0 aliphatic heterocycles. The van der Waals surface area contributed by atoms with Crippen molar-refractivity contribution < 1.29 is 4.74 Å². The number of para-hydroxylation sites is 1. The van der Waals surface area contributed by atoms with Gasteiger partial charge < -0.3 is 9.30 Å². The lowest BCUT2D eigenvalue weighted by Crippen LogP contribution is -2.04. The maximum atomic E-state index is 5.82. The van der Waals surface area contributed by atoms with Crippen LogP contribution in [0.1, 0.15) is 29.2 Å². The normalized spacial score (nSPS) is 12.9. The van der Waals surface area contributed by atoms with Crippen molar-refractivity contribution in [2.24, 2.45) is 0 Å². The molecule has 0 N–H and O–H groups in total. The van der Waals surface area contributed by atoms with Gasteiger partial charge >= 0.3 is 0 Å². The van der Waals surface area contributed by atoms with Crippen LogP contribution in [0.4, 0.5) is 0 Å². The van der Waals surface area contributed by atoms with Crippen LogP contribution in [0.15, 0.2) is 41.8 Å². The molecule has 2 aromatic heterocycles. The standard InChI is InChI=1S/C17H19NOS/c1-4-18-12(2)16(13-8-5-6-9-14(13)18)17(19-3)15-10-7-11-20-15/h5-11,17H,4H2,1-3H3. The predicted molar refractivity (Wildman–Crippen MR) is 85.5 cm³/mol. The monoisotopic (exact) mass is 285 g/mol. The minimum Gasteiger partial charge on any atom is -0.371 e. The fraction of sp³-hybridized carbons (Fsp3) is 0.294. The van der Waals surface area contributed by atoms with Gasteiger partial charge in [-0.05, 0) is 31.4 Å². The van der Waals surface area contributed by atoms with Crippen LogP contribution in [0, 0.1) is 6.92 Å². The summed E-state index contributed by atoms with van der Waals surface area (Å²) in [6, 6.07) is 12.8. The third kappa shape index (κ3) is 1.98. The van der Waals surface area contributed by atoms with Gasteiger partial charge in [0.1, 0.15) is 6.10 Å². The number of rotatable bonds is 4. The van der Waals surface area contributed by atoms with E-state index < -0.39 is 0 Å². The van der Waals surface area contributed by atoms with Gasteiger partial charge in [-0.1, -0.05) is 24.3 Å². The highest BCUT2D eigenvalue weighted by atomic mass is 32.1. The first-order chi connectivity index (χ1) is 9.77. The van der Waals surface area contributed by atoms with Crippen molar-refractivity contribution in [2.45, 2.75) is 26.5 Å². The molecular formula is C17H19NOS. The minimum atomic E-state index is 0.0210. The Hall–Kier alpha value is -1.58. The van der Waals surface area contributed by atoms with E-state index in [-0.39, 0.29) is 6.10 Å². The number of benzene rings is 1. The molecule has 2 nitrogen and oxygen atoms in total. The molecule has 0 saturated heterocycles. The van der Waals surface area contributed by atoms with Crippen molar-refractivity contribution in [3.8, 4) is 0 Å². The van der Waals surface area contributed by atoms with E-state index in [9.17, 15) is 0 Å². The highest BCUT2D eigenvalue weighted by molar-refractivity contribution is 7.10. The van der Waals surface area contributed by atoms with E-state index in [0.29, 0.717) is 0 Å². The van der Waals surface area contributed by atoms with Gasteiger partial charge in [0.2, 0.25) is 0 Å². The Bertz CT molecular complexity index is 712. The smallest absolute Gasteiger partial charge is 0.119 e. The van der Waals surface area contributed by atoms with Crippen LogP contribution in [0.5, 0.6) is 0 Å². The van der Waals surface area contributed by atoms with Gasteiger partial charge in [0.05, 0.1) is 0 Å². The fourth-order valence-electron chi connectivity index (χ4n) is 3.01. The zero-order valence-corrected chi connectivity index (χ0v) is 12.9. The van der Waals surface area contributed by atoms with Gasteiger partial charge in [-0.25, -0.2) is 0 Å². The molecule has 0 spiro atoms. The summed E-state index contributed by atoms with van der Waals surface area (Å²) in [6.45, 7) is 5.36. The number of hydrogen-bond acceptors (Lipinski definition) is 2. The van der Waals surface area contributed by atoms with Crippen LogP contribution >= 0.6 is 11.3 Å². The average Bonchev–Trinajstić information content (AvgIpc) is 3.08. The average molecular weight is 285 g/mol. The van der Waals surface area contributed by atoms with Crippen LogP contribution in [0.2, 0.25) is 0 Å². The highest BCUT2D eigenvalue weighted by Crippen LogP contribution is 2.37. The number of methoxy groups -OCH3 is 1. The number of nitrogens with zero attached hydrogens (tertiary/aromatic N) is 1. The number of aryl methyl sites for hydroxylation is 1. The lowest BCUT2D eigenvalue weighted by Gasteiger charge is -2.15. The van der Waals surface area contributed by atoms with Crippen LogP contribution in [-0.2, 0) is 11.3 Å². The van der Waals surface area contributed by atoms with E-state index in [1.807, 2.05) is 0 Å². The van der Waals surface area contributed by atoms with Gasteiger partial charge in [-0.3, -0.25) is 0 Å². The zero-order chi connectivity index (χ0) is 14.1. The van der Waals surface area contributed by atoms with E-state index in [2.05, 4.69) is 60.2 Å². The van der Waals surface area contributed by atoms with Gasteiger partial charge in [-0.2, -0.15) is 0 Å². The molecule has 3 rings (SSSR count). The van der Waals surface area contributed by atoms with Gasteiger partial charge in [0, 0.05) is 40.7 Å². The minimum absolute atomic E-state index is 0.0210. The maximum absolute atomic E-state index is 5.82. The molecule has 1 atom stereocenters. The van der Waals surface area contributed by atoms with Crippen molar-refractivity contribution in [3.63, 3.8) is 0 Å². The molecule has 20 heavy (non-hydrogen) atoms. The molecule has 0 saturated carbocycles. The van der Waals surface area contributed by atoms with E-state index >= 15 is 0 Å². The Balaban J connectivity index is 2.27. The number of aromatic nitrogens is 1. The van der Waals surface area contributed by atoms with Crippen LogP contribution < -0.4 is 0 Å². The maximum Gasteiger partial charge on any atom is 0.119 e. The summed E-state index contributed by atoms with van der Waals surface area (Å²) in [5.74, 6) is 0. The fourth-order valence-corrected chi connectivity index (χ4v) is 3.82. The van der Waals surface area contributed by atoms with E-state index in [0.717, 1.165) is 6.54 Å². The van der Waals surface area contributed by atoms with Gasteiger partial charge in [0.25, 0.3) is 0 Å². The molecule has 2 heterocycles. The predicted octanol–water partition coefficient (Wildman–Crippen LogP) is 4.77. The summed E-state index contributed by atoms with van der Waals surface area (Å²) in [6.07, 6.45) is 0.0210. The SMILES string of the molecule is CCn1c(C)c(C(OC)c2cccs2)c2ccccc21. The molecule has 0 amide bonds. The van der Waals surface area contributed by atoms with Crippen molar-refractivity contribution in [2.75, 3.05) is 7.11 Å². The molecule has 104 valence electrons. The number of thiophene rings is 1. The molecule has 3 aromatic rings. The Morgan fingerprint density at radius 1 is 1.20 bits per heavy atom. The summed E-state index contributed by atoms with van der Waals surface area (Å²) in [7, 11) is 1.79. The first kappa shape index (κ1) is 13.4. The van der Waals surface area contributed by atoms with Gasteiger partial charge in [-0.15, -0.1) is 11.3 Å². The summed E-state index contributed by atoms with van der Waals surface area (Å²) >= 11 is 1.75. The van der Waals surface area contributed by atoms with Crippen molar-refractivity contribution in [1.29, 1.82) is 0 Å². The number of hydrogen-bond donors (Lipinski definition) is 0. The molecular weight excluding hydrogens is 266 g/mol. The number of ether oxygens (including phenoxy) is 1. The second kappa shape index (κ2) is 5.43. The third-order valence-corrected chi connectivity index (χ3v) is 4.81. The second-order valence-electron chi connectivity index (χ2n) is 4.89. The summed E-state index contributed by atoms with van der Waals surface area (Å²) in [5, 5.41) is 3.41. The molecule has 1 unspecified atom stereocenters. The Morgan fingerprint density at radius 2 is 2.00 bits per heavy atom. The van der Waals surface area contributed by atoms with Crippen LogP contribution in [0.25, 0.3) is 10.9 Å². The first-order valence-corrected chi connectivity index (χ1v) is 7.79. The first-order valence-electron chi connectivity index (χ1n) is 6.91. The molecule has 0 aliphatic rings. The van der Waals surface area contributed by atoms with Gasteiger partial charge in [0.15, 0.2) is 0 Å². The summed E-state index contributed by atoms with van der Waals surface area (Å²) < 4.78 is 8.19. The molecule has 3 heteroatoms. The summed E-state index contributed by atoms with van der Waals surface area (Å²) in [5.41, 5.74) is 3.89. The van der Waals surface area contributed by atoms with E-state index in [1.54, 1.807) is 18.4 Å². The molecule has 0 fully saturated rings. The van der Waals surface area contributed by atoms with Crippen LogP contribution in [-0.4, -0.2) is 11.7 Å². The van der Waals surface area contributed by atoms with Crippen LogP contribution in [0.3, 0.4) is 0 Å².